The summed E-state index contributed by atoms with van der Waals surface area (Å²) in [4.78, 5) is 16.9. The van der Waals surface area contributed by atoms with Gasteiger partial charge in [0.15, 0.2) is 0 Å². The van der Waals surface area contributed by atoms with Crippen molar-refractivity contribution in [1.82, 2.24) is 24.5 Å². The second-order valence-corrected chi connectivity index (χ2v) is 8.92. The van der Waals surface area contributed by atoms with E-state index < -0.39 is 22.1 Å². The molecular formula is C19H27N5O5S. The van der Waals surface area contributed by atoms with Gasteiger partial charge in [-0.25, -0.2) is 18.2 Å². The number of urea groups is 1. The van der Waals surface area contributed by atoms with Crippen LogP contribution in [0.15, 0.2) is 36.7 Å². The number of imidazole rings is 1. The molecule has 1 aliphatic rings. The summed E-state index contributed by atoms with van der Waals surface area (Å²) in [5.41, 5.74) is 0.791. The fraction of sp³-hybridized carbons (Fsp3) is 0.474. The first-order valence-electron chi connectivity index (χ1n) is 9.62. The quantitative estimate of drug-likeness (QED) is 0.621. The Bertz CT molecular complexity index is 956. The van der Waals surface area contributed by atoms with Crippen molar-refractivity contribution in [3.63, 3.8) is 0 Å². The van der Waals surface area contributed by atoms with Gasteiger partial charge in [0.05, 0.1) is 26.1 Å². The SMILES string of the molecule is COc1cccc(C(NC(=O)NCCS(=O)(=O)N2CCOCC2)c2nccn2C)c1. The fourth-order valence-electron chi connectivity index (χ4n) is 3.20. The second kappa shape index (κ2) is 9.92. The van der Waals surface area contributed by atoms with Gasteiger partial charge in [-0.15, -0.1) is 0 Å². The molecule has 2 N–H and O–H groups in total. The van der Waals surface area contributed by atoms with Crippen LogP contribution < -0.4 is 15.4 Å². The Balaban J connectivity index is 1.64. The average molecular weight is 438 g/mol. The summed E-state index contributed by atoms with van der Waals surface area (Å²) in [5.74, 6) is 1.12. The first-order valence-corrected chi connectivity index (χ1v) is 11.2. The van der Waals surface area contributed by atoms with Crippen molar-refractivity contribution in [3.05, 3.63) is 48.0 Å². The molecule has 0 spiro atoms. The Morgan fingerprint density at radius 2 is 2.10 bits per heavy atom. The number of rotatable bonds is 8. The van der Waals surface area contributed by atoms with Crippen molar-refractivity contribution in [2.24, 2.45) is 7.05 Å². The van der Waals surface area contributed by atoms with E-state index in [4.69, 9.17) is 9.47 Å². The molecule has 2 heterocycles. The minimum Gasteiger partial charge on any atom is -0.497 e. The number of amides is 2. The van der Waals surface area contributed by atoms with Gasteiger partial charge in [-0.05, 0) is 17.7 Å². The van der Waals surface area contributed by atoms with Crippen LogP contribution in [-0.2, 0) is 21.8 Å². The van der Waals surface area contributed by atoms with E-state index in [9.17, 15) is 13.2 Å². The van der Waals surface area contributed by atoms with Gasteiger partial charge in [0.25, 0.3) is 0 Å². The van der Waals surface area contributed by atoms with E-state index in [1.54, 1.807) is 19.5 Å². The van der Waals surface area contributed by atoms with Gasteiger partial charge < -0.3 is 24.7 Å². The van der Waals surface area contributed by atoms with Gasteiger partial charge in [-0.2, -0.15) is 4.31 Å². The van der Waals surface area contributed by atoms with Gasteiger partial charge in [-0.3, -0.25) is 0 Å². The van der Waals surface area contributed by atoms with E-state index in [0.717, 1.165) is 5.56 Å². The lowest BCUT2D eigenvalue weighted by Crippen LogP contribution is -2.45. The molecule has 3 rings (SSSR count). The molecule has 1 aromatic heterocycles. The third-order valence-electron chi connectivity index (χ3n) is 4.83. The predicted molar refractivity (Wildman–Crippen MR) is 111 cm³/mol. The van der Waals surface area contributed by atoms with Gasteiger partial charge in [0.1, 0.15) is 17.6 Å². The lowest BCUT2D eigenvalue weighted by molar-refractivity contribution is 0.0730. The molecule has 1 saturated heterocycles. The smallest absolute Gasteiger partial charge is 0.315 e. The molecule has 1 aliphatic heterocycles. The van der Waals surface area contributed by atoms with Gasteiger partial charge in [0.2, 0.25) is 10.0 Å². The molecule has 0 saturated carbocycles. The van der Waals surface area contributed by atoms with E-state index >= 15 is 0 Å². The number of morpholine rings is 1. The van der Waals surface area contributed by atoms with Crippen molar-refractivity contribution >= 4 is 16.1 Å². The molecule has 2 aromatic rings. The predicted octanol–water partition coefficient (Wildman–Crippen LogP) is 0.479. The number of nitrogens with one attached hydrogen (secondary N) is 2. The molecule has 2 amide bonds. The molecule has 0 radical (unpaired) electrons. The van der Waals surface area contributed by atoms with Crippen LogP contribution in [0.25, 0.3) is 0 Å². The van der Waals surface area contributed by atoms with E-state index in [2.05, 4.69) is 15.6 Å². The van der Waals surface area contributed by atoms with Crippen LogP contribution in [0, 0.1) is 0 Å². The van der Waals surface area contributed by atoms with E-state index in [1.807, 2.05) is 35.9 Å². The molecule has 0 bridgehead atoms. The lowest BCUT2D eigenvalue weighted by atomic mass is 10.1. The van der Waals surface area contributed by atoms with Crippen LogP contribution in [0.4, 0.5) is 4.79 Å². The standard InChI is InChI=1S/C19H27N5O5S/c1-23-8-6-20-18(23)17(15-4-3-5-16(14-15)28-2)22-19(25)21-7-13-30(26,27)24-9-11-29-12-10-24/h3-6,8,14,17H,7,9-13H2,1-2H3,(H2,21,22,25). The highest BCUT2D eigenvalue weighted by Crippen LogP contribution is 2.24. The molecule has 11 heteroatoms. The highest BCUT2D eigenvalue weighted by atomic mass is 32.2. The van der Waals surface area contributed by atoms with Crippen LogP contribution in [0.1, 0.15) is 17.4 Å². The Morgan fingerprint density at radius 3 is 2.77 bits per heavy atom. The molecule has 0 aliphatic carbocycles. The molecule has 1 atom stereocenters. The van der Waals surface area contributed by atoms with Crippen LogP contribution in [0.2, 0.25) is 0 Å². The largest absolute Gasteiger partial charge is 0.497 e. The number of hydrogen-bond donors (Lipinski definition) is 2. The maximum Gasteiger partial charge on any atom is 0.315 e. The van der Waals surface area contributed by atoms with Crippen molar-refractivity contribution < 1.29 is 22.7 Å². The minimum absolute atomic E-state index is 0.00306. The van der Waals surface area contributed by atoms with Crippen LogP contribution >= 0.6 is 0 Å². The summed E-state index contributed by atoms with van der Waals surface area (Å²) < 4.78 is 38.4. The van der Waals surface area contributed by atoms with Crippen LogP contribution in [0.5, 0.6) is 5.75 Å². The second-order valence-electron chi connectivity index (χ2n) is 6.83. The maximum absolute atomic E-state index is 12.5. The molecule has 1 aromatic carbocycles. The third-order valence-corrected chi connectivity index (χ3v) is 6.70. The number of carbonyl (C=O) groups is 1. The lowest BCUT2D eigenvalue weighted by Gasteiger charge is -2.26. The average Bonchev–Trinajstić information content (AvgIpc) is 3.18. The van der Waals surface area contributed by atoms with Crippen molar-refractivity contribution in [2.75, 3.05) is 45.7 Å². The zero-order chi connectivity index (χ0) is 21.6. The molecule has 30 heavy (non-hydrogen) atoms. The number of ether oxygens (including phenoxy) is 2. The topological polar surface area (TPSA) is 115 Å². The van der Waals surface area contributed by atoms with Crippen molar-refractivity contribution in [1.29, 1.82) is 0 Å². The summed E-state index contributed by atoms with van der Waals surface area (Å²) in [7, 11) is -0.0301. The normalized spacial score (nSPS) is 16.1. The summed E-state index contributed by atoms with van der Waals surface area (Å²) in [5, 5.41) is 5.51. The van der Waals surface area contributed by atoms with Gasteiger partial charge >= 0.3 is 6.03 Å². The summed E-state index contributed by atoms with van der Waals surface area (Å²) in [6.45, 7) is 1.45. The van der Waals surface area contributed by atoms with E-state index in [1.165, 1.54) is 4.31 Å². The Hall–Kier alpha value is -2.63. The molecule has 164 valence electrons. The van der Waals surface area contributed by atoms with Crippen molar-refractivity contribution in [3.8, 4) is 5.75 Å². The minimum atomic E-state index is -3.44. The molecule has 10 nitrogen and oxygen atoms in total. The molecule has 1 unspecified atom stereocenters. The van der Waals surface area contributed by atoms with Crippen molar-refractivity contribution in [2.45, 2.75) is 6.04 Å². The highest BCUT2D eigenvalue weighted by Gasteiger charge is 2.25. The van der Waals surface area contributed by atoms with E-state index in [-0.39, 0.29) is 12.3 Å². The first-order chi connectivity index (χ1) is 14.4. The highest BCUT2D eigenvalue weighted by molar-refractivity contribution is 7.89. The van der Waals surface area contributed by atoms with Gasteiger partial charge in [-0.1, -0.05) is 12.1 Å². The Labute approximate surface area is 176 Å². The number of carbonyl (C=O) groups excluding carboxylic acids is 1. The first kappa shape index (κ1) is 22.1. The summed E-state index contributed by atoms with van der Waals surface area (Å²) in [6.07, 6.45) is 3.44. The zero-order valence-electron chi connectivity index (χ0n) is 17.1. The zero-order valence-corrected chi connectivity index (χ0v) is 17.9. The summed E-state index contributed by atoms with van der Waals surface area (Å²) in [6, 6.07) is 6.32. The van der Waals surface area contributed by atoms with Crippen LogP contribution in [0.3, 0.4) is 0 Å². The summed E-state index contributed by atoms with van der Waals surface area (Å²) >= 11 is 0. The monoisotopic (exact) mass is 437 g/mol. The third kappa shape index (κ3) is 5.49. The number of aryl methyl sites for hydroxylation is 1. The molecule has 1 fully saturated rings. The Morgan fingerprint density at radius 1 is 1.33 bits per heavy atom. The number of aromatic nitrogens is 2. The van der Waals surface area contributed by atoms with E-state index in [0.29, 0.717) is 37.9 Å². The van der Waals surface area contributed by atoms with Gasteiger partial charge in [0, 0.05) is 39.1 Å². The Kier molecular flexibility index (Phi) is 7.29. The number of sulfonamides is 1. The number of nitrogens with zero attached hydrogens (tertiary/aromatic N) is 3. The molecular weight excluding hydrogens is 410 g/mol. The number of methoxy groups -OCH3 is 1. The maximum atomic E-state index is 12.5. The number of benzene rings is 1. The fourth-order valence-corrected chi connectivity index (χ4v) is 4.53. The number of hydrogen-bond acceptors (Lipinski definition) is 6. The van der Waals surface area contributed by atoms with Crippen LogP contribution in [-0.4, -0.2) is 74.0 Å².